The molecule has 0 unspecified atom stereocenters. The molecule has 0 spiro atoms. The lowest BCUT2D eigenvalue weighted by atomic mass is 10.2. The van der Waals surface area contributed by atoms with Gasteiger partial charge in [0.05, 0.1) is 4.92 Å². The molecule has 0 aliphatic heterocycles. The largest absolute Gasteiger partial charge is 0.447 e. The summed E-state index contributed by atoms with van der Waals surface area (Å²) in [5, 5.41) is 14.5. The standard InChI is InChI=1S/C19H14F2N2O3/c20-14-9-10-17(15(21)11-14)26-18-8-4-7-16(19(18)23(24)25)22-12-13-5-2-1-3-6-13/h1-11,22H,12H2. The summed E-state index contributed by atoms with van der Waals surface area (Å²) >= 11 is 0. The van der Waals surface area contributed by atoms with Crippen LogP contribution in [0.4, 0.5) is 20.2 Å². The van der Waals surface area contributed by atoms with E-state index in [4.69, 9.17) is 4.74 Å². The molecule has 0 radical (unpaired) electrons. The van der Waals surface area contributed by atoms with Crippen molar-refractivity contribution in [2.75, 3.05) is 5.32 Å². The Morgan fingerprint density at radius 1 is 0.962 bits per heavy atom. The molecule has 3 rings (SSSR count). The molecule has 0 aromatic heterocycles. The van der Waals surface area contributed by atoms with E-state index in [-0.39, 0.29) is 22.9 Å². The number of nitrogens with one attached hydrogen (secondary N) is 1. The van der Waals surface area contributed by atoms with Crippen molar-refractivity contribution in [2.24, 2.45) is 0 Å². The first kappa shape index (κ1) is 17.3. The van der Waals surface area contributed by atoms with E-state index in [1.165, 1.54) is 12.1 Å². The number of nitro groups is 1. The van der Waals surface area contributed by atoms with Gasteiger partial charge in [0.15, 0.2) is 11.6 Å². The topological polar surface area (TPSA) is 64.4 Å². The van der Waals surface area contributed by atoms with Crippen LogP contribution in [0.1, 0.15) is 5.56 Å². The van der Waals surface area contributed by atoms with Gasteiger partial charge in [-0.3, -0.25) is 10.1 Å². The molecule has 26 heavy (non-hydrogen) atoms. The highest BCUT2D eigenvalue weighted by Crippen LogP contribution is 2.38. The monoisotopic (exact) mass is 356 g/mol. The maximum Gasteiger partial charge on any atom is 0.334 e. The van der Waals surface area contributed by atoms with Crippen LogP contribution in [0.5, 0.6) is 11.5 Å². The SMILES string of the molecule is O=[N+]([O-])c1c(NCc2ccccc2)cccc1Oc1ccc(F)cc1F. The van der Waals surface area contributed by atoms with Gasteiger partial charge in [0.1, 0.15) is 11.5 Å². The third-order valence-corrected chi connectivity index (χ3v) is 3.62. The molecule has 0 saturated carbocycles. The van der Waals surface area contributed by atoms with E-state index in [9.17, 15) is 18.9 Å². The summed E-state index contributed by atoms with van der Waals surface area (Å²) < 4.78 is 32.1. The number of hydrogen-bond donors (Lipinski definition) is 1. The van der Waals surface area contributed by atoms with Gasteiger partial charge in [0.25, 0.3) is 0 Å². The predicted octanol–water partition coefficient (Wildman–Crippen LogP) is 5.28. The summed E-state index contributed by atoms with van der Waals surface area (Å²) in [6.07, 6.45) is 0. The van der Waals surface area contributed by atoms with Crippen molar-refractivity contribution < 1.29 is 18.4 Å². The molecule has 3 aromatic rings. The van der Waals surface area contributed by atoms with Crippen LogP contribution in [0.3, 0.4) is 0 Å². The zero-order valence-electron chi connectivity index (χ0n) is 13.5. The maximum absolute atomic E-state index is 13.8. The molecular formula is C19H14F2N2O3. The molecule has 5 nitrogen and oxygen atoms in total. The highest BCUT2D eigenvalue weighted by atomic mass is 19.1. The minimum absolute atomic E-state index is 0.140. The fourth-order valence-corrected chi connectivity index (χ4v) is 2.41. The van der Waals surface area contributed by atoms with Gasteiger partial charge in [-0.1, -0.05) is 36.4 Å². The third-order valence-electron chi connectivity index (χ3n) is 3.62. The van der Waals surface area contributed by atoms with Gasteiger partial charge < -0.3 is 10.1 Å². The van der Waals surface area contributed by atoms with E-state index in [1.54, 1.807) is 6.07 Å². The molecule has 0 bridgehead atoms. The Labute approximate surface area is 148 Å². The van der Waals surface area contributed by atoms with Gasteiger partial charge in [0, 0.05) is 12.6 Å². The minimum atomic E-state index is -0.943. The summed E-state index contributed by atoms with van der Waals surface area (Å²) in [6.45, 7) is 0.371. The van der Waals surface area contributed by atoms with Crippen LogP contribution in [0, 0.1) is 21.7 Å². The van der Waals surface area contributed by atoms with Gasteiger partial charge in [-0.05, 0) is 29.8 Å². The molecule has 0 atom stereocenters. The number of nitro benzene ring substituents is 1. The average Bonchev–Trinajstić information content (AvgIpc) is 2.63. The fourth-order valence-electron chi connectivity index (χ4n) is 2.41. The van der Waals surface area contributed by atoms with Crippen LogP contribution < -0.4 is 10.1 Å². The van der Waals surface area contributed by atoms with Crippen LogP contribution in [0.2, 0.25) is 0 Å². The van der Waals surface area contributed by atoms with Gasteiger partial charge in [-0.25, -0.2) is 8.78 Å². The van der Waals surface area contributed by atoms with E-state index in [0.29, 0.717) is 12.6 Å². The molecule has 1 N–H and O–H groups in total. The Kier molecular flexibility index (Phi) is 5.07. The Hall–Kier alpha value is -3.48. The van der Waals surface area contributed by atoms with Crippen molar-refractivity contribution >= 4 is 11.4 Å². The molecule has 0 amide bonds. The molecule has 0 fully saturated rings. The predicted molar refractivity (Wildman–Crippen MR) is 93.3 cm³/mol. The lowest BCUT2D eigenvalue weighted by Crippen LogP contribution is -2.04. The highest BCUT2D eigenvalue weighted by Gasteiger charge is 2.22. The Morgan fingerprint density at radius 2 is 1.73 bits per heavy atom. The van der Waals surface area contributed by atoms with Gasteiger partial charge in [0.2, 0.25) is 5.75 Å². The number of halogens is 2. The first-order valence-corrected chi connectivity index (χ1v) is 7.72. The zero-order valence-corrected chi connectivity index (χ0v) is 13.5. The third kappa shape index (κ3) is 3.94. The smallest absolute Gasteiger partial charge is 0.334 e. The first-order valence-electron chi connectivity index (χ1n) is 7.72. The second-order valence-corrected chi connectivity index (χ2v) is 5.43. The van der Waals surface area contributed by atoms with Crippen molar-refractivity contribution in [3.05, 3.63) is 94.0 Å². The zero-order chi connectivity index (χ0) is 18.5. The summed E-state index contributed by atoms with van der Waals surface area (Å²) in [7, 11) is 0. The Morgan fingerprint density at radius 3 is 2.42 bits per heavy atom. The number of para-hydroxylation sites is 1. The summed E-state index contributed by atoms with van der Waals surface area (Å²) in [6, 6.07) is 16.6. The van der Waals surface area contributed by atoms with Crippen molar-refractivity contribution in [3.63, 3.8) is 0 Å². The van der Waals surface area contributed by atoms with Gasteiger partial charge in [-0.15, -0.1) is 0 Å². The molecular weight excluding hydrogens is 342 g/mol. The van der Waals surface area contributed by atoms with Crippen molar-refractivity contribution in [3.8, 4) is 11.5 Å². The molecule has 7 heteroatoms. The quantitative estimate of drug-likeness (QED) is 0.482. The summed E-state index contributed by atoms with van der Waals surface area (Å²) in [5.41, 5.74) is 0.851. The molecule has 0 aliphatic rings. The van der Waals surface area contributed by atoms with E-state index in [1.807, 2.05) is 30.3 Å². The number of nitrogens with zero attached hydrogens (tertiary/aromatic N) is 1. The van der Waals surface area contributed by atoms with Gasteiger partial charge in [-0.2, -0.15) is 0 Å². The molecule has 0 saturated heterocycles. The van der Waals surface area contributed by atoms with Crippen LogP contribution in [0.25, 0.3) is 0 Å². The van der Waals surface area contributed by atoms with Crippen molar-refractivity contribution in [1.29, 1.82) is 0 Å². The van der Waals surface area contributed by atoms with Crippen LogP contribution in [-0.2, 0) is 6.54 Å². The van der Waals surface area contributed by atoms with E-state index < -0.39 is 16.6 Å². The van der Waals surface area contributed by atoms with Gasteiger partial charge >= 0.3 is 5.69 Å². The number of benzene rings is 3. The Balaban J connectivity index is 1.89. The van der Waals surface area contributed by atoms with Crippen LogP contribution in [-0.4, -0.2) is 4.92 Å². The lowest BCUT2D eigenvalue weighted by molar-refractivity contribution is -0.384. The lowest BCUT2D eigenvalue weighted by Gasteiger charge is -2.11. The Bertz CT molecular complexity index is 933. The number of anilines is 1. The first-order chi connectivity index (χ1) is 12.5. The number of rotatable bonds is 6. The summed E-state index contributed by atoms with van der Waals surface area (Å²) in [5.74, 6) is -2.14. The molecule has 0 aliphatic carbocycles. The van der Waals surface area contributed by atoms with Crippen LogP contribution >= 0.6 is 0 Å². The molecule has 0 heterocycles. The van der Waals surface area contributed by atoms with Crippen molar-refractivity contribution in [2.45, 2.75) is 6.54 Å². The second kappa shape index (κ2) is 7.60. The van der Waals surface area contributed by atoms with E-state index >= 15 is 0 Å². The summed E-state index contributed by atoms with van der Waals surface area (Å²) in [4.78, 5) is 10.9. The average molecular weight is 356 g/mol. The van der Waals surface area contributed by atoms with Crippen LogP contribution in [0.15, 0.2) is 66.7 Å². The fraction of sp³-hybridized carbons (Fsp3) is 0.0526. The van der Waals surface area contributed by atoms with Crippen molar-refractivity contribution in [1.82, 2.24) is 0 Å². The molecule has 132 valence electrons. The van der Waals surface area contributed by atoms with E-state index in [2.05, 4.69) is 5.32 Å². The normalized spacial score (nSPS) is 10.4. The number of ether oxygens (including phenoxy) is 1. The number of hydrogen-bond acceptors (Lipinski definition) is 4. The second-order valence-electron chi connectivity index (χ2n) is 5.43. The highest BCUT2D eigenvalue weighted by molar-refractivity contribution is 5.69. The minimum Gasteiger partial charge on any atom is -0.447 e. The van der Waals surface area contributed by atoms with E-state index in [0.717, 1.165) is 17.7 Å². The maximum atomic E-state index is 13.8. The molecule has 3 aromatic carbocycles.